The van der Waals surface area contributed by atoms with Crippen LogP contribution in [0.5, 0.6) is 11.5 Å². The average molecular weight is 317 g/mol. The Kier molecular flexibility index (Phi) is 4.24. The van der Waals surface area contributed by atoms with Crippen LogP contribution in [0.15, 0.2) is 42.5 Å². The zero-order valence-corrected chi connectivity index (χ0v) is 13.2. The summed E-state index contributed by atoms with van der Waals surface area (Å²) in [6, 6.07) is 11.7. The topological polar surface area (TPSA) is 50.7 Å². The van der Waals surface area contributed by atoms with Crippen LogP contribution in [0, 0.1) is 5.82 Å². The summed E-state index contributed by atoms with van der Waals surface area (Å²) >= 11 is 0. The molecule has 2 atom stereocenters. The first-order valence-corrected chi connectivity index (χ1v) is 7.57. The minimum Gasteiger partial charge on any atom is -0.454 e. The lowest BCUT2D eigenvalue weighted by Gasteiger charge is -2.26. The maximum absolute atomic E-state index is 13.0. The molecule has 2 N–H and O–H groups in total. The highest BCUT2D eigenvalue weighted by molar-refractivity contribution is 5.45. The second kappa shape index (κ2) is 6.18. The summed E-state index contributed by atoms with van der Waals surface area (Å²) in [5.41, 5.74) is 0.631. The Morgan fingerprint density at radius 3 is 2.61 bits per heavy atom. The van der Waals surface area contributed by atoms with Gasteiger partial charge in [0.15, 0.2) is 11.5 Å². The summed E-state index contributed by atoms with van der Waals surface area (Å²) in [5, 5.41) is 13.9. The number of hydrogen-bond donors (Lipinski definition) is 2. The second-order valence-corrected chi connectivity index (χ2v) is 6.00. The highest BCUT2D eigenvalue weighted by Crippen LogP contribution is 2.34. The SMILES string of the molecule is CC(NCC(C)(O)c1ccc(F)cc1)c1ccc2c(c1)OCO2. The van der Waals surface area contributed by atoms with Crippen molar-refractivity contribution in [3.63, 3.8) is 0 Å². The third-order valence-electron chi connectivity index (χ3n) is 4.12. The highest BCUT2D eigenvalue weighted by Gasteiger charge is 2.24. The molecule has 122 valence electrons. The highest BCUT2D eigenvalue weighted by atomic mass is 19.1. The predicted octanol–water partition coefficient (Wildman–Crippen LogP) is 3.11. The van der Waals surface area contributed by atoms with Crippen LogP contribution in [-0.4, -0.2) is 18.4 Å². The first-order chi connectivity index (χ1) is 11.0. The van der Waals surface area contributed by atoms with Gasteiger partial charge in [0.1, 0.15) is 5.82 Å². The van der Waals surface area contributed by atoms with Crippen molar-refractivity contribution in [3.05, 3.63) is 59.4 Å². The van der Waals surface area contributed by atoms with E-state index in [1.54, 1.807) is 19.1 Å². The summed E-state index contributed by atoms with van der Waals surface area (Å²) in [4.78, 5) is 0. The Labute approximate surface area is 134 Å². The molecule has 1 aliphatic heterocycles. The van der Waals surface area contributed by atoms with Gasteiger partial charge in [-0.15, -0.1) is 0 Å². The first-order valence-electron chi connectivity index (χ1n) is 7.57. The van der Waals surface area contributed by atoms with Gasteiger partial charge in [-0.25, -0.2) is 4.39 Å². The van der Waals surface area contributed by atoms with E-state index >= 15 is 0 Å². The van der Waals surface area contributed by atoms with Crippen molar-refractivity contribution in [3.8, 4) is 11.5 Å². The molecule has 1 aliphatic rings. The van der Waals surface area contributed by atoms with Gasteiger partial charge in [-0.3, -0.25) is 0 Å². The number of hydrogen-bond acceptors (Lipinski definition) is 4. The molecule has 2 unspecified atom stereocenters. The van der Waals surface area contributed by atoms with Crippen molar-refractivity contribution in [2.45, 2.75) is 25.5 Å². The zero-order chi connectivity index (χ0) is 16.4. The predicted molar refractivity (Wildman–Crippen MR) is 85.0 cm³/mol. The Morgan fingerprint density at radius 1 is 1.17 bits per heavy atom. The molecule has 2 aromatic carbocycles. The van der Waals surface area contributed by atoms with E-state index < -0.39 is 5.60 Å². The van der Waals surface area contributed by atoms with Crippen LogP contribution < -0.4 is 14.8 Å². The van der Waals surface area contributed by atoms with Crippen LogP contribution in [0.25, 0.3) is 0 Å². The minimum atomic E-state index is -1.09. The summed E-state index contributed by atoms with van der Waals surface area (Å²) in [6.07, 6.45) is 0. The summed E-state index contributed by atoms with van der Waals surface area (Å²) in [6.45, 7) is 4.31. The van der Waals surface area contributed by atoms with Crippen molar-refractivity contribution in [2.24, 2.45) is 0 Å². The van der Waals surface area contributed by atoms with Crippen LogP contribution in [0.4, 0.5) is 4.39 Å². The second-order valence-electron chi connectivity index (χ2n) is 6.00. The first kappa shape index (κ1) is 15.8. The van der Waals surface area contributed by atoms with Gasteiger partial charge in [0, 0.05) is 12.6 Å². The molecule has 23 heavy (non-hydrogen) atoms. The average Bonchev–Trinajstić information content (AvgIpc) is 3.00. The van der Waals surface area contributed by atoms with Gasteiger partial charge in [-0.2, -0.15) is 0 Å². The van der Waals surface area contributed by atoms with Gasteiger partial charge >= 0.3 is 0 Å². The standard InChI is InChI=1S/C18H20FNO3/c1-12(13-3-8-16-17(9-13)23-11-22-16)20-10-18(2,21)14-4-6-15(19)7-5-14/h3-9,12,20-21H,10-11H2,1-2H3. The van der Waals surface area contributed by atoms with Crippen LogP contribution >= 0.6 is 0 Å². The van der Waals surface area contributed by atoms with E-state index in [1.807, 2.05) is 25.1 Å². The minimum absolute atomic E-state index is 0.0245. The number of aliphatic hydroxyl groups is 1. The van der Waals surface area contributed by atoms with Crippen molar-refractivity contribution in [1.82, 2.24) is 5.32 Å². The van der Waals surface area contributed by atoms with Gasteiger partial charge in [0.25, 0.3) is 0 Å². The smallest absolute Gasteiger partial charge is 0.231 e. The molecular formula is C18H20FNO3. The van der Waals surface area contributed by atoms with E-state index in [9.17, 15) is 9.50 Å². The molecule has 0 amide bonds. The quantitative estimate of drug-likeness (QED) is 0.890. The van der Waals surface area contributed by atoms with E-state index in [2.05, 4.69) is 5.32 Å². The van der Waals surface area contributed by atoms with Gasteiger partial charge in [0.05, 0.1) is 5.60 Å². The van der Waals surface area contributed by atoms with E-state index in [0.717, 1.165) is 17.1 Å². The van der Waals surface area contributed by atoms with Crippen LogP contribution in [0.1, 0.15) is 31.0 Å². The summed E-state index contributed by atoms with van der Waals surface area (Å²) < 4.78 is 23.7. The Balaban J connectivity index is 1.66. The fraction of sp³-hybridized carbons (Fsp3) is 0.333. The molecule has 0 saturated carbocycles. The van der Waals surface area contributed by atoms with E-state index in [4.69, 9.17) is 9.47 Å². The lowest BCUT2D eigenvalue weighted by atomic mass is 9.95. The molecule has 0 bridgehead atoms. The molecule has 2 aromatic rings. The van der Waals surface area contributed by atoms with Crippen LogP contribution in [-0.2, 0) is 5.60 Å². The molecular weight excluding hydrogens is 297 g/mol. The molecule has 0 saturated heterocycles. The third kappa shape index (κ3) is 3.46. The molecule has 3 rings (SSSR count). The molecule has 0 spiro atoms. The molecule has 0 radical (unpaired) electrons. The Morgan fingerprint density at radius 2 is 1.87 bits per heavy atom. The lowest BCUT2D eigenvalue weighted by molar-refractivity contribution is 0.0543. The fourth-order valence-electron chi connectivity index (χ4n) is 2.56. The van der Waals surface area contributed by atoms with Crippen molar-refractivity contribution in [2.75, 3.05) is 13.3 Å². The number of halogens is 1. The number of rotatable bonds is 5. The third-order valence-corrected chi connectivity index (χ3v) is 4.12. The largest absolute Gasteiger partial charge is 0.454 e. The van der Waals surface area contributed by atoms with Gasteiger partial charge < -0.3 is 19.9 Å². The van der Waals surface area contributed by atoms with E-state index in [1.165, 1.54) is 12.1 Å². The molecule has 1 heterocycles. The molecule has 4 nitrogen and oxygen atoms in total. The van der Waals surface area contributed by atoms with Gasteiger partial charge in [-0.05, 0) is 49.2 Å². The summed E-state index contributed by atoms with van der Waals surface area (Å²) in [5.74, 6) is 1.17. The van der Waals surface area contributed by atoms with Crippen molar-refractivity contribution < 1.29 is 19.0 Å². The number of benzene rings is 2. The van der Waals surface area contributed by atoms with Gasteiger partial charge in [-0.1, -0.05) is 18.2 Å². The number of nitrogens with one attached hydrogen (secondary N) is 1. The van der Waals surface area contributed by atoms with Crippen LogP contribution in [0.2, 0.25) is 0 Å². The van der Waals surface area contributed by atoms with E-state index in [0.29, 0.717) is 12.1 Å². The van der Waals surface area contributed by atoms with Crippen LogP contribution in [0.3, 0.4) is 0 Å². The maximum atomic E-state index is 13.0. The zero-order valence-electron chi connectivity index (χ0n) is 13.2. The Hall–Kier alpha value is -2.11. The molecule has 0 aliphatic carbocycles. The summed E-state index contributed by atoms with van der Waals surface area (Å²) in [7, 11) is 0. The monoisotopic (exact) mass is 317 g/mol. The maximum Gasteiger partial charge on any atom is 0.231 e. The fourth-order valence-corrected chi connectivity index (χ4v) is 2.56. The molecule has 0 fully saturated rings. The molecule has 5 heteroatoms. The number of ether oxygens (including phenoxy) is 2. The van der Waals surface area contributed by atoms with Gasteiger partial charge in [0.2, 0.25) is 6.79 Å². The van der Waals surface area contributed by atoms with Crippen molar-refractivity contribution in [1.29, 1.82) is 0 Å². The lowest BCUT2D eigenvalue weighted by Crippen LogP contribution is -2.36. The Bertz CT molecular complexity index is 685. The molecule has 0 aromatic heterocycles. The number of fused-ring (bicyclic) bond motifs is 1. The normalized spacial score (nSPS) is 16.9. The van der Waals surface area contributed by atoms with Crippen molar-refractivity contribution >= 4 is 0 Å². The van der Waals surface area contributed by atoms with E-state index in [-0.39, 0.29) is 18.7 Å².